The van der Waals surface area contributed by atoms with Crippen LogP contribution in [-0.4, -0.2) is 24.5 Å². The molecule has 2 N–H and O–H groups in total. The lowest BCUT2D eigenvalue weighted by atomic mass is 9.75. The normalized spacial score (nSPS) is 20.7. The van der Waals surface area contributed by atoms with Gasteiger partial charge in [0.1, 0.15) is 0 Å². The van der Waals surface area contributed by atoms with E-state index in [1.165, 1.54) is 25.7 Å². The average Bonchev–Trinajstić information content (AvgIpc) is 2.45. The summed E-state index contributed by atoms with van der Waals surface area (Å²) >= 11 is 6.22. The van der Waals surface area contributed by atoms with Crippen LogP contribution in [0.25, 0.3) is 0 Å². The summed E-state index contributed by atoms with van der Waals surface area (Å²) in [5.74, 6) is 0. The lowest BCUT2D eigenvalue weighted by molar-refractivity contribution is 0.125. The van der Waals surface area contributed by atoms with Crippen molar-refractivity contribution in [1.29, 1.82) is 0 Å². The Bertz CT molecular complexity index is 448. The van der Waals surface area contributed by atoms with E-state index < -0.39 is 0 Å². The highest BCUT2D eigenvalue weighted by atomic mass is 35.5. The summed E-state index contributed by atoms with van der Waals surface area (Å²) in [4.78, 5) is 2.49. The molecule has 1 aromatic rings. The topological polar surface area (TPSA) is 29.3 Å². The van der Waals surface area contributed by atoms with Crippen LogP contribution in [0, 0.1) is 5.41 Å². The van der Waals surface area contributed by atoms with Crippen LogP contribution in [0.5, 0.6) is 0 Å². The smallest absolute Gasteiger partial charge is 0.0453 e. The Hall–Kier alpha value is -0.570. The van der Waals surface area contributed by atoms with Crippen LogP contribution < -0.4 is 5.73 Å². The van der Waals surface area contributed by atoms with Gasteiger partial charge in [-0.1, -0.05) is 43.6 Å². The Morgan fingerprint density at radius 3 is 2.52 bits per heavy atom. The van der Waals surface area contributed by atoms with Crippen LogP contribution >= 0.6 is 11.6 Å². The number of benzene rings is 1. The number of nitrogens with two attached hydrogens (primary N) is 1. The minimum atomic E-state index is 0.0289. The van der Waals surface area contributed by atoms with Gasteiger partial charge in [-0.3, -0.25) is 0 Å². The summed E-state index contributed by atoms with van der Waals surface area (Å²) in [5.41, 5.74) is 7.91. The number of nitrogens with zero attached hydrogens (tertiary/aromatic N) is 1. The van der Waals surface area contributed by atoms with E-state index in [0.717, 1.165) is 29.6 Å². The minimum Gasteiger partial charge on any atom is -0.324 e. The Morgan fingerprint density at radius 2 is 1.90 bits per heavy atom. The molecule has 0 aliphatic heterocycles. The quantitative estimate of drug-likeness (QED) is 0.859. The van der Waals surface area contributed by atoms with Gasteiger partial charge in [0.2, 0.25) is 0 Å². The predicted molar refractivity (Wildman–Crippen MR) is 91.7 cm³/mol. The van der Waals surface area contributed by atoms with Crippen LogP contribution in [0.4, 0.5) is 0 Å². The second-order valence-corrected chi connectivity index (χ2v) is 7.70. The van der Waals surface area contributed by atoms with Gasteiger partial charge in [-0.25, -0.2) is 0 Å². The van der Waals surface area contributed by atoms with E-state index in [-0.39, 0.29) is 6.04 Å². The molecule has 1 saturated carbocycles. The third-order valence-electron chi connectivity index (χ3n) is 5.03. The van der Waals surface area contributed by atoms with E-state index in [0.29, 0.717) is 5.41 Å². The molecule has 2 rings (SSSR count). The van der Waals surface area contributed by atoms with E-state index in [1.54, 1.807) is 0 Å². The van der Waals surface area contributed by atoms with Crippen molar-refractivity contribution >= 4 is 11.6 Å². The van der Waals surface area contributed by atoms with Crippen molar-refractivity contribution in [2.75, 3.05) is 13.6 Å². The molecule has 0 spiro atoms. The van der Waals surface area contributed by atoms with Gasteiger partial charge in [-0.2, -0.15) is 0 Å². The van der Waals surface area contributed by atoms with Crippen LogP contribution in [-0.2, 0) is 0 Å². The van der Waals surface area contributed by atoms with Gasteiger partial charge in [-0.15, -0.1) is 0 Å². The van der Waals surface area contributed by atoms with E-state index in [2.05, 4.69) is 25.8 Å². The molecule has 2 nitrogen and oxygen atoms in total. The lowest BCUT2D eigenvalue weighted by Crippen LogP contribution is -2.38. The minimum absolute atomic E-state index is 0.0289. The highest BCUT2D eigenvalue weighted by Gasteiger charge is 2.28. The first-order valence-corrected chi connectivity index (χ1v) is 8.47. The fraction of sp³-hybridized carbons (Fsp3) is 0.667. The molecule has 1 atom stereocenters. The van der Waals surface area contributed by atoms with E-state index in [1.807, 2.05) is 24.3 Å². The molecule has 0 heterocycles. The maximum atomic E-state index is 6.31. The van der Waals surface area contributed by atoms with Crippen LogP contribution in [0.15, 0.2) is 24.3 Å². The zero-order valence-corrected chi connectivity index (χ0v) is 14.4. The second-order valence-electron chi connectivity index (χ2n) is 7.29. The standard InChI is InChI=1S/C18H29ClN2/c1-18(2)11-8-14(9-12-18)21(3)13-10-17(20)15-6-4-5-7-16(15)19/h4-7,14,17H,8-13,20H2,1-3H3. The molecule has 0 bridgehead atoms. The molecular formula is C18H29ClN2. The Balaban J connectivity index is 1.81. The van der Waals surface area contributed by atoms with Gasteiger partial charge in [0.25, 0.3) is 0 Å². The van der Waals surface area contributed by atoms with Crippen molar-refractivity contribution in [2.45, 2.75) is 58.0 Å². The van der Waals surface area contributed by atoms with Crippen LogP contribution in [0.1, 0.15) is 57.6 Å². The zero-order valence-electron chi connectivity index (χ0n) is 13.6. The summed E-state index contributed by atoms with van der Waals surface area (Å²) in [6, 6.07) is 8.67. The Labute approximate surface area is 134 Å². The van der Waals surface area contributed by atoms with Gasteiger partial charge in [0, 0.05) is 17.1 Å². The fourth-order valence-electron chi connectivity index (χ4n) is 3.28. The van der Waals surface area contributed by atoms with Crippen molar-refractivity contribution in [3.05, 3.63) is 34.9 Å². The van der Waals surface area contributed by atoms with Crippen molar-refractivity contribution in [3.8, 4) is 0 Å². The molecule has 1 fully saturated rings. The van der Waals surface area contributed by atoms with Crippen LogP contribution in [0.3, 0.4) is 0 Å². The maximum absolute atomic E-state index is 6.31. The molecule has 1 aliphatic rings. The lowest BCUT2D eigenvalue weighted by Gasteiger charge is -2.39. The summed E-state index contributed by atoms with van der Waals surface area (Å²) in [7, 11) is 2.24. The molecular weight excluding hydrogens is 280 g/mol. The fourth-order valence-corrected chi connectivity index (χ4v) is 3.56. The first kappa shape index (κ1) is 16.8. The van der Waals surface area contributed by atoms with Crippen molar-refractivity contribution < 1.29 is 0 Å². The molecule has 1 unspecified atom stereocenters. The summed E-state index contributed by atoms with van der Waals surface area (Å²) in [5, 5.41) is 0.784. The number of hydrogen-bond acceptors (Lipinski definition) is 2. The van der Waals surface area contributed by atoms with E-state index in [4.69, 9.17) is 17.3 Å². The molecule has 0 amide bonds. The summed E-state index contributed by atoms with van der Waals surface area (Å²) < 4.78 is 0. The zero-order chi connectivity index (χ0) is 15.5. The van der Waals surface area contributed by atoms with Gasteiger partial charge >= 0.3 is 0 Å². The largest absolute Gasteiger partial charge is 0.324 e. The van der Waals surface area contributed by atoms with Gasteiger partial charge in [0.15, 0.2) is 0 Å². The summed E-state index contributed by atoms with van der Waals surface area (Å²) in [6.45, 7) is 5.81. The molecule has 3 heteroatoms. The predicted octanol–water partition coefficient (Wildman–Crippen LogP) is 4.63. The Morgan fingerprint density at radius 1 is 1.29 bits per heavy atom. The second kappa shape index (κ2) is 7.13. The number of hydrogen-bond donors (Lipinski definition) is 1. The molecule has 0 aromatic heterocycles. The van der Waals surface area contributed by atoms with Crippen molar-refractivity contribution in [2.24, 2.45) is 11.1 Å². The Kier molecular flexibility index (Phi) is 5.70. The average molecular weight is 309 g/mol. The molecule has 0 saturated heterocycles. The maximum Gasteiger partial charge on any atom is 0.0453 e. The van der Waals surface area contributed by atoms with Crippen molar-refractivity contribution in [3.63, 3.8) is 0 Å². The summed E-state index contributed by atoms with van der Waals surface area (Å²) in [6.07, 6.45) is 6.24. The van der Waals surface area contributed by atoms with Crippen LogP contribution in [0.2, 0.25) is 5.02 Å². The van der Waals surface area contributed by atoms with Gasteiger partial charge in [0.05, 0.1) is 0 Å². The molecule has 1 aromatic carbocycles. The molecule has 118 valence electrons. The van der Waals surface area contributed by atoms with Gasteiger partial charge in [-0.05, 0) is 62.7 Å². The number of halogens is 1. The third kappa shape index (κ3) is 4.70. The van der Waals surface area contributed by atoms with E-state index in [9.17, 15) is 0 Å². The SMILES string of the molecule is CN(CCC(N)c1ccccc1Cl)C1CCC(C)(C)CC1. The van der Waals surface area contributed by atoms with E-state index >= 15 is 0 Å². The highest BCUT2D eigenvalue weighted by molar-refractivity contribution is 6.31. The molecule has 1 aliphatic carbocycles. The monoisotopic (exact) mass is 308 g/mol. The molecule has 0 radical (unpaired) electrons. The highest BCUT2D eigenvalue weighted by Crippen LogP contribution is 2.36. The van der Waals surface area contributed by atoms with Gasteiger partial charge < -0.3 is 10.6 Å². The van der Waals surface area contributed by atoms with Crippen molar-refractivity contribution in [1.82, 2.24) is 4.90 Å². The first-order valence-electron chi connectivity index (χ1n) is 8.09. The molecule has 21 heavy (non-hydrogen) atoms. The third-order valence-corrected chi connectivity index (χ3v) is 5.37. The first-order chi connectivity index (χ1) is 9.89. The number of rotatable bonds is 5.